The summed E-state index contributed by atoms with van der Waals surface area (Å²) >= 11 is 1.40. The van der Waals surface area contributed by atoms with E-state index in [0.29, 0.717) is 12.2 Å². The van der Waals surface area contributed by atoms with Gasteiger partial charge in [-0.1, -0.05) is 6.07 Å². The molecule has 0 saturated carbocycles. The fourth-order valence-corrected chi connectivity index (χ4v) is 4.43. The second kappa shape index (κ2) is 7.89. The summed E-state index contributed by atoms with van der Waals surface area (Å²) in [5.41, 5.74) is 1.23. The highest BCUT2D eigenvalue weighted by Crippen LogP contribution is 2.32. The Morgan fingerprint density at radius 1 is 1.32 bits per heavy atom. The topological polar surface area (TPSA) is 80.6 Å². The van der Waals surface area contributed by atoms with Crippen LogP contribution in [0, 0.1) is 13.8 Å². The molecule has 3 heterocycles. The zero-order valence-corrected chi connectivity index (χ0v) is 17.4. The van der Waals surface area contributed by atoms with E-state index < -0.39 is 17.5 Å². The highest BCUT2D eigenvalue weighted by Gasteiger charge is 2.50. The third-order valence-electron chi connectivity index (χ3n) is 5.19. The highest BCUT2D eigenvalue weighted by atomic mass is 32.1. The maximum Gasteiger partial charge on any atom is 0.325 e. The number of amides is 3. The number of aryl methyl sites for hydroxylation is 1. The van der Waals surface area contributed by atoms with Gasteiger partial charge in [0.15, 0.2) is 11.3 Å². The van der Waals surface area contributed by atoms with Gasteiger partial charge in [-0.2, -0.15) is 0 Å². The van der Waals surface area contributed by atoms with Crippen molar-refractivity contribution in [3.63, 3.8) is 0 Å². The quantitative estimate of drug-likeness (QED) is 0.418. The van der Waals surface area contributed by atoms with Crippen LogP contribution in [0.15, 0.2) is 23.6 Å². The van der Waals surface area contributed by atoms with E-state index in [9.17, 15) is 14.4 Å². The minimum atomic E-state index is -1.12. The Morgan fingerprint density at radius 2 is 2.07 bits per heavy atom. The van der Waals surface area contributed by atoms with E-state index in [4.69, 9.17) is 4.74 Å². The molecular weight excluding hydrogens is 378 g/mol. The molecule has 0 radical (unpaired) electrons. The first-order chi connectivity index (χ1) is 13.3. The van der Waals surface area contributed by atoms with Crippen LogP contribution in [-0.4, -0.2) is 47.4 Å². The number of thiophene rings is 1. The molecule has 7 nitrogen and oxygen atoms in total. The number of imide groups is 1. The van der Waals surface area contributed by atoms with Crippen molar-refractivity contribution in [1.82, 2.24) is 14.8 Å². The number of carbonyl (C=O) groups excluding carboxylic acids is 3. The van der Waals surface area contributed by atoms with Gasteiger partial charge < -0.3 is 14.6 Å². The number of aromatic nitrogens is 1. The Morgan fingerprint density at radius 3 is 2.71 bits per heavy atom. The van der Waals surface area contributed by atoms with Crippen LogP contribution in [0.2, 0.25) is 0 Å². The molecule has 2 aromatic heterocycles. The van der Waals surface area contributed by atoms with Crippen molar-refractivity contribution >= 4 is 29.1 Å². The maximum atomic E-state index is 12.9. The summed E-state index contributed by atoms with van der Waals surface area (Å²) in [4.78, 5) is 40.0. The Labute approximate surface area is 168 Å². The molecule has 150 valence electrons. The molecule has 1 unspecified atom stereocenters. The second-order valence-electron chi connectivity index (χ2n) is 7.13. The number of nitrogens with zero attached hydrogens (tertiary/aromatic N) is 2. The Hall–Kier alpha value is -2.45. The normalized spacial score (nSPS) is 19.4. The molecule has 3 rings (SSSR count). The monoisotopic (exact) mass is 403 g/mol. The van der Waals surface area contributed by atoms with Crippen molar-refractivity contribution in [3.8, 4) is 0 Å². The number of urea groups is 1. The van der Waals surface area contributed by atoms with Crippen molar-refractivity contribution in [3.05, 3.63) is 45.4 Å². The smallest absolute Gasteiger partial charge is 0.325 e. The molecule has 3 amide bonds. The summed E-state index contributed by atoms with van der Waals surface area (Å²) < 4.78 is 7.16. The SMILES string of the molecule is COCCCn1c(C)cc(C(=O)CN2C(=O)NC(C)(c3cccs3)C2=O)c1C. The van der Waals surface area contributed by atoms with E-state index in [1.165, 1.54) is 11.3 Å². The average molecular weight is 404 g/mol. The number of rotatable bonds is 8. The molecule has 28 heavy (non-hydrogen) atoms. The fourth-order valence-electron chi connectivity index (χ4n) is 3.59. The predicted octanol–water partition coefficient (Wildman–Crippen LogP) is 2.85. The summed E-state index contributed by atoms with van der Waals surface area (Å²) in [7, 11) is 1.66. The zero-order valence-electron chi connectivity index (χ0n) is 16.6. The summed E-state index contributed by atoms with van der Waals surface area (Å²) in [6.45, 7) is 6.62. The lowest BCUT2D eigenvalue weighted by Gasteiger charge is -2.19. The number of Topliss-reactive ketones (excluding diaryl/α,β-unsaturated/α-hetero) is 1. The van der Waals surface area contributed by atoms with Gasteiger partial charge in [0.05, 0.1) is 6.54 Å². The molecular formula is C20H25N3O4S. The second-order valence-corrected chi connectivity index (χ2v) is 8.08. The van der Waals surface area contributed by atoms with Crippen LogP contribution in [0.25, 0.3) is 0 Å². The average Bonchev–Trinajstić information content (AvgIpc) is 3.33. The standard InChI is InChI=1S/C20H25N3O4S/c1-13-11-15(14(2)22(13)8-6-9-27-4)16(24)12-23-18(25)20(3,21-19(23)26)17-7-5-10-28-17/h5,7,10-11H,6,8-9,12H2,1-4H3,(H,21,26). The largest absolute Gasteiger partial charge is 0.385 e. The Bertz CT molecular complexity index is 903. The first kappa shape index (κ1) is 20.3. The van der Waals surface area contributed by atoms with Gasteiger partial charge in [-0.3, -0.25) is 14.5 Å². The molecule has 1 fully saturated rings. The Kier molecular flexibility index (Phi) is 5.71. The van der Waals surface area contributed by atoms with Crippen molar-refractivity contribution in [1.29, 1.82) is 0 Å². The number of carbonyl (C=O) groups is 3. The van der Waals surface area contributed by atoms with E-state index in [-0.39, 0.29) is 12.3 Å². The van der Waals surface area contributed by atoms with Crippen molar-refractivity contribution in [2.45, 2.75) is 39.3 Å². The van der Waals surface area contributed by atoms with E-state index >= 15 is 0 Å². The molecule has 1 atom stereocenters. The van der Waals surface area contributed by atoms with Crippen LogP contribution >= 0.6 is 11.3 Å². The van der Waals surface area contributed by atoms with Gasteiger partial charge in [-0.25, -0.2) is 4.79 Å². The molecule has 1 aliphatic heterocycles. The first-order valence-corrected chi connectivity index (χ1v) is 10.0. The summed E-state index contributed by atoms with van der Waals surface area (Å²) in [5.74, 6) is -0.646. The van der Waals surface area contributed by atoms with Crippen molar-refractivity contribution in [2.24, 2.45) is 0 Å². The van der Waals surface area contributed by atoms with E-state index in [2.05, 4.69) is 9.88 Å². The van der Waals surface area contributed by atoms with Crippen LogP contribution in [0.3, 0.4) is 0 Å². The van der Waals surface area contributed by atoms with E-state index in [1.807, 2.05) is 37.4 Å². The minimum Gasteiger partial charge on any atom is -0.385 e. The third kappa shape index (κ3) is 3.49. The van der Waals surface area contributed by atoms with Crippen LogP contribution in [0.4, 0.5) is 4.79 Å². The molecule has 0 aliphatic carbocycles. The summed E-state index contributed by atoms with van der Waals surface area (Å²) in [6, 6.07) is 4.92. The molecule has 2 aromatic rings. The number of nitrogens with one attached hydrogen (secondary N) is 1. The van der Waals surface area contributed by atoms with Crippen molar-refractivity contribution < 1.29 is 19.1 Å². The minimum absolute atomic E-state index is 0.245. The fraction of sp³-hybridized carbons (Fsp3) is 0.450. The van der Waals surface area contributed by atoms with Gasteiger partial charge in [0.1, 0.15) is 0 Å². The molecule has 1 N–H and O–H groups in total. The zero-order chi connectivity index (χ0) is 20.5. The number of hydrogen-bond acceptors (Lipinski definition) is 5. The number of hydrogen-bond donors (Lipinski definition) is 1. The van der Waals surface area contributed by atoms with Gasteiger partial charge in [0.2, 0.25) is 0 Å². The van der Waals surface area contributed by atoms with Crippen LogP contribution in [0.1, 0.15) is 40.0 Å². The highest BCUT2D eigenvalue weighted by molar-refractivity contribution is 7.10. The van der Waals surface area contributed by atoms with Gasteiger partial charge in [0, 0.05) is 42.1 Å². The van der Waals surface area contributed by atoms with Crippen LogP contribution in [-0.2, 0) is 21.6 Å². The maximum absolute atomic E-state index is 12.9. The van der Waals surface area contributed by atoms with Gasteiger partial charge in [-0.05, 0) is 44.7 Å². The lowest BCUT2D eigenvalue weighted by Crippen LogP contribution is -2.40. The van der Waals surface area contributed by atoms with Gasteiger partial charge in [-0.15, -0.1) is 11.3 Å². The van der Waals surface area contributed by atoms with E-state index in [0.717, 1.165) is 34.1 Å². The molecule has 1 saturated heterocycles. The molecule has 8 heteroatoms. The summed E-state index contributed by atoms with van der Waals surface area (Å²) in [6.07, 6.45) is 0.840. The third-order valence-corrected chi connectivity index (χ3v) is 6.29. The first-order valence-electron chi connectivity index (χ1n) is 9.16. The van der Waals surface area contributed by atoms with Gasteiger partial charge in [0.25, 0.3) is 5.91 Å². The number of ketones is 1. The lowest BCUT2D eigenvalue weighted by molar-refractivity contribution is -0.130. The molecule has 0 aromatic carbocycles. The predicted molar refractivity (Wildman–Crippen MR) is 107 cm³/mol. The van der Waals surface area contributed by atoms with Gasteiger partial charge >= 0.3 is 6.03 Å². The summed E-state index contributed by atoms with van der Waals surface area (Å²) in [5, 5.41) is 4.58. The Balaban J connectivity index is 1.77. The number of ether oxygens (including phenoxy) is 1. The van der Waals surface area contributed by atoms with Crippen molar-refractivity contribution in [2.75, 3.05) is 20.3 Å². The lowest BCUT2D eigenvalue weighted by atomic mass is 10.0. The molecule has 1 aliphatic rings. The number of methoxy groups -OCH3 is 1. The molecule has 0 bridgehead atoms. The molecule has 0 spiro atoms. The van der Waals surface area contributed by atoms with E-state index in [1.54, 1.807) is 14.0 Å². The van der Waals surface area contributed by atoms with Crippen LogP contribution < -0.4 is 5.32 Å². The van der Waals surface area contributed by atoms with Crippen LogP contribution in [0.5, 0.6) is 0 Å².